The highest BCUT2D eigenvalue weighted by molar-refractivity contribution is 7.92. The fourth-order valence-electron chi connectivity index (χ4n) is 3.30. The summed E-state index contributed by atoms with van der Waals surface area (Å²) >= 11 is 6.02. The number of para-hydroxylation sites is 1. The lowest BCUT2D eigenvalue weighted by Crippen LogP contribution is -2.27. The van der Waals surface area contributed by atoms with Crippen molar-refractivity contribution in [2.75, 3.05) is 28.0 Å². The first-order chi connectivity index (χ1) is 16.3. The molecular weight excluding hydrogens is 476 g/mol. The van der Waals surface area contributed by atoms with Crippen LogP contribution >= 0.6 is 11.6 Å². The van der Waals surface area contributed by atoms with Crippen molar-refractivity contribution >= 4 is 56.7 Å². The molecule has 1 saturated heterocycles. The molecule has 0 saturated carbocycles. The summed E-state index contributed by atoms with van der Waals surface area (Å²) in [5, 5.41) is 5.78. The molecule has 0 spiro atoms. The summed E-state index contributed by atoms with van der Waals surface area (Å²) in [6, 6.07) is 19.5. The van der Waals surface area contributed by atoms with Crippen LogP contribution in [0.1, 0.15) is 5.56 Å². The molecule has 0 radical (unpaired) electrons. The topological polar surface area (TPSA) is 108 Å². The van der Waals surface area contributed by atoms with Gasteiger partial charge in [0.1, 0.15) is 0 Å². The molecule has 3 aromatic carbocycles. The fourth-order valence-corrected chi connectivity index (χ4v) is 4.62. The molecule has 0 aliphatic carbocycles. The van der Waals surface area contributed by atoms with Crippen molar-refractivity contribution < 1.29 is 18.0 Å². The van der Waals surface area contributed by atoms with E-state index in [0.717, 1.165) is 5.69 Å². The van der Waals surface area contributed by atoms with Crippen LogP contribution in [0.2, 0.25) is 5.02 Å². The largest absolute Gasteiger partial charge is 0.336 e. The van der Waals surface area contributed by atoms with Crippen molar-refractivity contribution in [3.05, 3.63) is 89.5 Å². The first kappa shape index (κ1) is 23.3. The number of hydrogen-bond acceptors (Lipinski definition) is 4. The van der Waals surface area contributed by atoms with Gasteiger partial charge in [-0.15, -0.1) is 0 Å². The van der Waals surface area contributed by atoms with E-state index in [1.54, 1.807) is 71.6 Å². The van der Waals surface area contributed by atoms with Gasteiger partial charge in [0.2, 0.25) is 5.91 Å². The third kappa shape index (κ3) is 5.56. The lowest BCUT2D eigenvalue weighted by atomic mass is 10.2. The Bertz CT molecular complexity index is 1340. The Balaban J connectivity index is 1.36. The highest BCUT2D eigenvalue weighted by atomic mass is 35.5. The molecule has 0 atom stereocenters. The zero-order valence-electron chi connectivity index (χ0n) is 17.9. The van der Waals surface area contributed by atoms with E-state index >= 15 is 0 Å². The number of nitrogens with one attached hydrogen (secondary N) is 3. The summed E-state index contributed by atoms with van der Waals surface area (Å²) in [4.78, 5) is 25.7. The van der Waals surface area contributed by atoms with Gasteiger partial charge in [-0.2, -0.15) is 0 Å². The Labute approximate surface area is 202 Å². The van der Waals surface area contributed by atoms with E-state index in [4.69, 9.17) is 11.6 Å². The lowest BCUT2D eigenvalue weighted by Gasteiger charge is -2.14. The molecule has 1 aliphatic rings. The molecule has 3 amide bonds. The molecule has 1 heterocycles. The zero-order chi connectivity index (χ0) is 24.1. The van der Waals surface area contributed by atoms with Gasteiger partial charge in [-0.1, -0.05) is 35.9 Å². The molecule has 1 fully saturated rings. The summed E-state index contributed by atoms with van der Waals surface area (Å²) in [5.74, 6) is -0.344. The average Bonchev–Trinajstić information content (AvgIpc) is 3.26. The van der Waals surface area contributed by atoms with Crippen molar-refractivity contribution in [1.29, 1.82) is 0 Å². The normalized spacial score (nSPS) is 13.7. The molecule has 0 aromatic heterocycles. The van der Waals surface area contributed by atoms with Gasteiger partial charge in [0.25, 0.3) is 10.0 Å². The van der Waals surface area contributed by atoms with Crippen LogP contribution in [-0.4, -0.2) is 33.4 Å². The smallest absolute Gasteiger partial charge is 0.321 e. The molecular formula is C24H21ClN4O4S. The van der Waals surface area contributed by atoms with Crippen LogP contribution < -0.4 is 20.3 Å². The predicted octanol–water partition coefficient (Wildman–Crippen LogP) is 4.32. The number of anilines is 3. The number of carbonyl (C=O) groups is 2. The van der Waals surface area contributed by atoms with Gasteiger partial charge in [-0.05, 0) is 60.2 Å². The van der Waals surface area contributed by atoms with E-state index in [-0.39, 0.29) is 16.8 Å². The van der Waals surface area contributed by atoms with E-state index in [1.165, 1.54) is 18.2 Å². The first-order valence-corrected chi connectivity index (χ1v) is 12.2. The molecule has 1 aliphatic heterocycles. The van der Waals surface area contributed by atoms with Crippen molar-refractivity contribution in [3.63, 3.8) is 0 Å². The maximum Gasteiger partial charge on any atom is 0.321 e. The van der Waals surface area contributed by atoms with Crippen LogP contribution in [0.25, 0.3) is 6.08 Å². The first-order valence-electron chi connectivity index (χ1n) is 10.3. The van der Waals surface area contributed by atoms with Gasteiger partial charge in [0, 0.05) is 30.5 Å². The second kappa shape index (κ2) is 9.98. The number of sulfonamides is 1. The van der Waals surface area contributed by atoms with Gasteiger partial charge < -0.3 is 10.6 Å². The monoisotopic (exact) mass is 496 g/mol. The van der Waals surface area contributed by atoms with E-state index < -0.39 is 10.0 Å². The maximum absolute atomic E-state index is 12.6. The lowest BCUT2D eigenvalue weighted by molar-refractivity contribution is -0.111. The molecule has 3 N–H and O–H groups in total. The minimum Gasteiger partial charge on any atom is -0.336 e. The summed E-state index contributed by atoms with van der Waals surface area (Å²) in [5.41, 5.74) is 2.29. The summed E-state index contributed by atoms with van der Waals surface area (Å²) in [6.45, 7) is 1.20. The van der Waals surface area contributed by atoms with Crippen LogP contribution in [-0.2, 0) is 14.8 Å². The van der Waals surface area contributed by atoms with Gasteiger partial charge in [0.15, 0.2) is 0 Å². The average molecular weight is 497 g/mol. The van der Waals surface area contributed by atoms with Gasteiger partial charge >= 0.3 is 6.03 Å². The number of urea groups is 1. The van der Waals surface area contributed by atoms with Gasteiger partial charge in [-0.3, -0.25) is 14.4 Å². The summed E-state index contributed by atoms with van der Waals surface area (Å²) in [6.07, 6.45) is 2.93. The van der Waals surface area contributed by atoms with Crippen molar-refractivity contribution in [3.8, 4) is 0 Å². The molecule has 8 nitrogen and oxygen atoms in total. The van der Waals surface area contributed by atoms with Gasteiger partial charge in [-0.25, -0.2) is 13.2 Å². The van der Waals surface area contributed by atoms with Crippen molar-refractivity contribution in [1.82, 2.24) is 5.32 Å². The van der Waals surface area contributed by atoms with Crippen LogP contribution in [0.5, 0.6) is 0 Å². The Morgan fingerprint density at radius 2 is 1.71 bits per heavy atom. The highest BCUT2D eigenvalue weighted by Gasteiger charge is 2.20. The van der Waals surface area contributed by atoms with E-state index in [2.05, 4.69) is 15.4 Å². The Kier molecular flexibility index (Phi) is 6.85. The van der Waals surface area contributed by atoms with Crippen LogP contribution in [0.3, 0.4) is 0 Å². The Morgan fingerprint density at radius 1 is 1.00 bits per heavy atom. The van der Waals surface area contributed by atoms with Crippen molar-refractivity contribution in [2.45, 2.75) is 4.90 Å². The van der Waals surface area contributed by atoms with Gasteiger partial charge in [0.05, 0.1) is 15.6 Å². The molecule has 34 heavy (non-hydrogen) atoms. The maximum atomic E-state index is 12.6. The number of benzene rings is 3. The number of nitrogens with zero attached hydrogens (tertiary/aromatic N) is 1. The van der Waals surface area contributed by atoms with E-state index in [1.807, 2.05) is 0 Å². The minimum atomic E-state index is -3.80. The quantitative estimate of drug-likeness (QED) is 0.423. The highest BCUT2D eigenvalue weighted by Crippen LogP contribution is 2.24. The predicted molar refractivity (Wildman–Crippen MR) is 134 cm³/mol. The fraction of sp³-hybridized carbons (Fsp3) is 0.0833. The summed E-state index contributed by atoms with van der Waals surface area (Å²) < 4.78 is 27.6. The molecule has 174 valence electrons. The van der Waals surface area contributed by atoms with Crippen LogP contribution in [0.4, 0.5) is 21.9 Å². The molecule has 4 rings (SSSR count). The summed E-state index contributed by atoms with van der Waals surface area (Å²) in [7, 11) is -3.80. The Morgan fingerprint density at radius 3 is 2.35 bits per heavy atom. The third-order valence-corrected chi connectivity index (χ3v) is 6.75. The molecule has 10 heteroatoms. The third-order valence-electron chi connectivity index (χ3n) is 5.04. The number of carbonyl (C=O) groups excluding carboxylic acids is 2. The zero-order valence-corrected chi connectivity index (χ0v) is 19.4. The number of amides is 3. The number of halogens is 1. The van der Waals surface area contributed by atoms with Crippen LogP contribution in [0, 0.1) is 0 Å². The minimum absolute atomic E-state index is 0.0702. The van der Waals surface area contributed by atoms with Crippen molar-refractivity contribution in [2.24, 2.45) is 0 Å². The standard InChI is InChI=1S/C24H21ClN4O4S/c25-21-3-1-2-4-22(21)28-34(32,33)20-12-5-17(6-13-20)7-14-23(30)27-18-8-10-19(11-9-18)29-16-15-26-24(29)31/h1-14,28H,15-16H2,(H,26,31)(H,27,30)/b14-7+. The SMILES string of the molecule is O=C(/C=C/c1ccc(S(=O)(=O)Nc2ccccc2Cl)cc1)Nc1ccc(N2CCNC2=O)cc1. The number of hydrogen-bond donors (Lipinski definition) is 3. The van der Waals surface area contributed by atoms with Crippen LogP contribution in [0.15, 0.2) is 83.8 Å². The molecule has 3 aromatic rings. The Hall–Kier alpha value is -3.82. The molecule has 0 bridgehead atoms. The van der Waals surface area contributed by atoms with E-state index in [9.17, 15) is 18.0 Å². The molecule has 0 unspecified atom stereocenters. The second-order valence-corrected chi connectivity index (χ2v) is 9.50. The second-order valence-electron chi connectivity index (χ2n) is 7.41. The number of rotatable bonds is 7. The van der Waals surface area contributed by atoms with E-state index in [0.29, 0.717) is 35.1 Å².